The van der Waals surface area contributed by atoms with Crippen molar-refractivity contribution in [2.75, 3.05) is 30.5 Å². The number of hydrogen-bond donors (Lipinski definition) is 1. The molecule has 0 aromatic heterocycles. The van der Waals surface area contributed by atoms with Crippen LogP contribution in [-0.4, -0.2) is 56.4 Å². The van der Waals surface area contributed by atoms with Gasteiger partial charge in [0.1, 0.15) is 0 Å². The summed E-state index contributed by atoms with van der Waals surface area (Å²) in [5.41, 5.74) is 1.70. The Balaban J connectivity index is 1.61. The van der Waals surface area contributed by atoms with Crippen LogP contribution >= 0.6 is 0 Å². The third-order valence-electron chi connectivity index (χ3n) is 4.68. The molecule has 2 aromatic carbocycles. The van der Waals surface area contributed by atoms with Crippen molar-refractivity contribution in [1.82, 2.24) is 4.90 Å². The van der Waals surface area contributed by atoms with E-state index in [1.807, 2.05) is 30.3 Å². The quantitative estimate of drug-likeness (QED) is 0.745. The molecule has 148 valence electrons. The number of ether oxygens (including phenoxy) is 1. The third-order valence-corrected chi connectivity index (χ3v) is 6.43. The van der Waals surface area contributed by atoms with Crippen LogP contribution in [-0.2, 0) is 19.4 Å². The Bertz CT molecular complexity index is 960. The number of carbonyl (C=O) groups excluding carboxylic acids is 2. The van der Waals surface area contributed by atoms with Crippen molar-refractivity contribution in [2.45, 2.75) is 12.5 Å². The van der Waals surface area contributed by atoms with Crippen molar-refractivity contribution in [3.05, 3.63) is 60.2 Å². The lowest BCUT2D eigenvalue weighted by atomic mass is 10.1. The van der Waals surface area contributed by atoms with Crippen LogP contribution in [0.5, 0.6) is 0 Å². The maximum Gasteiger partial charge on any atom is 0.340 e. The number of carbonyl (C=O) groups is 2. The highest BCUT2D eigenvalue weighted by Gasteiger charge is 2.33. The van der Waals surface area contributed by atoms with Crippen molar-refractivity contribution in [3.63, 3.8) is 0 Å². The van der Waals surface area contributed by atoms with E-state index in [0.717, 1.165) is 5.69 Å². The summed E-state index contributed by atoms with van der Waals surface area (Å²) in [4.78, 5) is 26.1. The lowest BCUT2D eigenvalue weighted by Crippen LogP contribution is -2.40. The summed E-state index contributed by atoms with van der Waals surface area (Å²) in [7, 11) is -1.56. The van der Waals surface area contributed by atoms with Gasteiger partial charge in [0.05, 0.1) is 22.8 Å². The summed E-state index contributed by atoms with van der Waals surface area (Å²) in [6.45, 7) is -0.439. The monoisotopic (exact) mass is 402 g/mol. The fraction of sp³-hybridized carbons (Fsp3) is 0.300. The fourth-order valence-electron chi connectivity index (χ4n) is 3.04. The van der Waals surface area contributed by atoms with Gasteiger partial charge in [-0.2, -0.15) is 0 Å². The van der Waals surface area contributed by atoms with Gasteiger partial charge in [-0.25, -0.2) is 13.2 Å². The molecule has 1 amide bonds. The molecule has 28 heavy (non-hydrogen) atoms. The zero-order chi connectivity index (χ0) is 20.1. The van der Waals surface area contributed by atoms with Gasteiger partial charge in [0.15, 0.2) is 16.4 Å². The first-order chi connectivity index (χ1) is 13.4. The van der Waals surface area contributed by atoms with Gasteiger partial charge in [-0.3, -0.25) is 4.79 Å². The lowest BCUT2D eigenvalue weighted by Gasteiger charge is -2.23. The highest BCUT2D eigenvalue weighted by molar-refractivity contribution is 7.91. The van der Waals surface area contributed by atoms with Gasteiger partial charge in [-0.1, -0.05) is 30.3 Å². The van der Waals surface area contributed by atoms with E-state index in [-0.39, 0.29) is 17.5 Å². The van der Waals surface area contributed by atoms with Crippen LogP contribution in [0.15, 0.2) is 54.6 Å². The molecule has 0 spiro atoms. The van der Waals surface area contributed by atoms with Crippen molar-refractivity contribution in [1.29, 1.82) is 0 Å². The standard InChI is InChI=1S/C20H22N2O5S/c1-22(16-11-12-28(25,26)14-16)19(23)13-27-20(24)17-9-5-6-10-18(17)21-15-7-3-2-4-8-15/h2-10,16,21H,11-14H2,1H3/t16-/m0/s1. The Labute approximate surface area is 164 Å². The molecule has 1 fully saturated rings. The molecule has 8 heteroatoms. The van der Waals surface area contributed by atoms with E-state index in [4.69, 9.17) is 4.74 Å². The van der Waals surface area contributed by atoms with E-state index >= 15 is 0 Å². The largest absolute Gasteiger partial charge is 0.452 e. The summed E-state index contributed by atoms with van der Waals surface area (Å²) in [5, 5.41) is 3.15. The second-order valence-corrected chi connectivity index (χ2v) is 8.90. The highest BCUT2D eigenvalue weighted by Crippen LogP contribution is 2.22. The van der Waals surface area contributed by atoms with Crippen LogP contribution < -0.4 is 5.32 Å². The second-order valence-electron chi connectivity index (χ2n) is 6.67. The number of amides is 1. The predicted molar refractivity (Wildman–Crippen MR) is 106 cm³/mol. The van der Waals surface area contributed by atoms with Crippen LogP contribution in [0.25, 0.3) is 0 Å². The van der Waals surface area contributed by atoms with Crippen molar-refractivity contribution in [2.24, 2.45) is 0 Å². The first-order valence-corrected chi connectivity index (χ1v) is 10.7. The van der Waals surface area contributed by atoms with E-state index in [9.17, 15) is 18.0 Å². The number of hydrogen-bond acceptors (Lipinski definition) is 6. The molecular weight excluding hydrogens is 380 g/mol. The van der Waals surface area contributed by atoms with Crippen LogP contribution in [0.3, 0.4) is 0 Å². The summed E-state index contributed by atoms with van der Waals surface area (Å²) >= 11 is 0. The molecule has 2 aromatic rings. The fourth-order valence-corrected chi connectivity index (χ4v) is 4.81. The number of para-hydroxylation sites is 2. The zero-order valence-corrected chi connectivity index (χ0v) is 16.3. The molecule has 1 atom stereocenters. The number of rotatable bonds is 6. The first kappa shape index (κ1) is 19.9. The zero-order valence-electron chi connectivity index (χ0n) is 15.5. The van der Waals surface area contributed by atoms with Gasteiger partial charge in [-0.05, 0) is 30.7 Å². The summed E-state index contributed by atoms with van der Waals surface area (Å²) in [5.74, 6) is -1.02. The summed E-state index contributed by atoms with van der Waals surface area (Å²) in [6.07, 6.45) is 0.405. The summed E-state index contributed by atoms with van der Waals surface area (Å²) < 4.78 is 28.3. The molecule has 1 saturated heterocycles. The predicted octanol–water partition coefficient (Wildman–Crippen LogP) is 2.23. The molecule has 7 nitrogen and oxygen atoms in total. The number of sulfone groups is 1. The average molecular weight is 402 g/mol. The molecule has 0 bridgehead atoms. The smallest absolute Gasteiger partial charge is 0.340 e. The van der Waals surface area contributed by atoms with Crippen molar-refractivity contribution in [3.8, 4) is 0 Å². The molecule has 0 radical (unpaired) electrons. The maximum atomic E-state index is 12.5. The van der Waals surface area contributed by atoms with Crippen LogP contribution in [0, 0.1) is 0 Å². The van der Waals surface area contributed by atoms with Crippen LogP contribution in [0.4, 0.5) is 11.4 Å². The van der Waals surface area contributed by atoms with E-state index in [1.165, 1.54) is 11.9 Å². The number of likely N-dealkylation sites (N-methyl/N-ethyl adjacent to an activating group) is 1. The average Bonchev–Trinajstić information content (AvgIpc) is 3.06. The minimum absolute atomic E-state index is 0.0486. The number of benzene rings is 2. The van der Waals surface area contributed by atoms with Gasteiger partial charge >= 0.3 is 5.97 Å². The minimum Gasteiger partial charge on any atom is -0.452 e. The Kier molecular flexibility index (Phi) is 5.99. The molecule has 1 aliphatic rings. The minimum atomic E-state index is -3.09. The molecular formula is C20H22N2O5S. The first-order valence-electron chi connectivity index (χ1n) is 8.90. The van der Waals surface area contributed by atoms with Gasteiger partial charge < -0.3 is 15.0 Å². The topological polar surface area (TPSA) is 92.8 Å². The molecule has 0 unspecified atom stereocenters. The number of esters is 1. The Morgan fingerprint density at radius 1 is 1.11 bits per heavy atom. The lowest BCUT2D eigenvalue weighted by molar-refractivity contribution is -0.134. The second kappa shape index (κ2) is 8.43. The molecule has 0 aliphatic carbocycles. The summed E-state index contributed by atoms with van der Waals surface area (Å²) in [6, 6.07) is 15.9. The van der Waals surface area contributed by atoms with Gasteiger partial charge in [0, 0.05) is 18.8 Å². The van der Waals surface area contributed by atoms with Gasteiger partial charge in [0.25, 0.3) is 5.91 Å². The SMILES string of the molecule is CN(C(=O)COC(=O)c1ccccc1Nc1ccccc1)[C@H]1CCS(=O)(=O)C1. The Hall–Kier alpha value is -2.87. The number of anilines is 2. The van der Waals surface area contributed by atoms with Gasteiger partial charge in [-0.15, -0.1) is 0 Å². The van der Waals surface area contributed by atoms with E-state index in [0.29, 0.717) is 17.7 Å². The highest BCUT2D eigenvalue weighted by atomic mass is 32.2. The van der Waals surface area contributed by atoms with E-state index in [1.54, 1.807) is 24.3 Å². The van der Waals surface area contributed by atoms with Crippen LogP contribution in [0.2, 0.25) is 0 Å². The van der Waals surface area contributed by atoms with Crippen molar-refractivity contribution < 1.29 is 22.7 Å². The molecule has 0 saturated carbocycles. The van der Waals surface area contributed by atoms with Crippen LogP contribution in [0.1, 0.15) is 16.8 Å². The van der Waals surface area contributed by atoms with Gasteiger partial charge in [0.2, 0.25) is 0 Å². The normalized spacial score (nSPS) is 17.7. The van der Waals surface area contributed by atoms with E-state index < -0.39 is 28.3 Å². The third kappa shape index (κ3) is 4.89. The van der Waals surface area contributed by atoms with E-state index in [2.05, 4.69) is 5.32 Å². The number of nitrogens with zero attached hydrogens (tertiary/aromatic N) is 1. The molecule has 1 heterocycles. The molecule has 1 aliphatic heterocycles. The maximum absolute atomic E-state index is 12.5. The van der Waals surface area contributed by atoms with Crippen molar-refractivity contribution >= 4 is 33.1 Å². The number of nitrogens with one attached hydrogen (secondary N) is 1. The Morgan fingerprint density at radius 2 is 1.79 bits per heavy atom. The molecule has 3 rings (SSSR count). The molecule has 1 N–H and O–H groups in total. The Morgan fingerprint density at radius 3 is 2.46 bits per heavy atom.